The van der Waals surface area contributed by atoms with Crippen LogP contribution in [0.4, 0.5) is 0 Å². The molecule has 11 heavy (non-hydrogen) atoms. The summed E-state index contributed by atoms with van der Waals surface area (Å²) in [4.78, 5) is 0. The van der Waals surface area contributed by atoms with E-state index in [1.807, 2.05) is 30.3 Å². The van der Waals surface area contributed by atoms with E-state index in [4.69, 9.17) is 4.74 Å². The summed E-state index contributed by atoms with van der Waals surface area (Å²) in [5, 5.41) is 0. The number of fused-ring (bicyclic) bond motifs is 1. The first-order chi connectivity index (χ1) is 4.97. The number of rotatable bonds is 0. The summed E-state index contributed by atoms with van der Waals surface area (Å²) in [5.74, 6) is 0.991. The van der Waals surface area contributed by atoms with E-state index in [2.05, 4.69) is 6.08 Å². The quantitative estimate of drug-likeness (QED) is 0.627. The van der Waals surface area contributed by atoms with E-state index in [-0.39, 0.29) is 24.4 Å². The van der Waals surface area contributed by atoms with Gasteiger partial charge in [0.1, 0.15) is 12.4 Å². The summed E-state index contributed by atoms with van der Waals surface area (Å²) >= 11 is 0. The standard InChI is InChI=1S/C9H8O.Sb.3H/c1-2-6-9-8(4-1)5-3-7-10-9;;;;/h1-6H,7H2;;;;. The molecule has 2 rings (SSSR count). The second-order valence-electron chi connectivity index (χ2n) is 2.25. The van der Waals surface area contributed by atoms with Crippen LogP contribution in [0.25, 0.3) is 6.08 Å². The van der Waals surface area contributed by atoms with Crippen LogP contribution in [0.5, 0.6) is 5.75 Å². The van der Waals surface area contributed by atoms with Crippen LogP contribution in [0, 0.1) is 0 Å². The van der Waals surface area contributed by atoms with E-state index in [0.717, 1.165) is 5.75 Å². The van der Waals surface area contributed by atoms with Gasteiger partial charge in [-0.15, -0.1) is 0 Å². The first-order valence-corrected chi connectivity index (χ1v) is 3.35. The molecule has 1 aliphatic heterocycles. The number of hydrogen-bond acceptors (Lipinski definition) is 1. The van der Waals surface area contributed by atoms with E-state index < -0.39 is 0 Å². The van der Waals surface area contributed by atoms with Gasteiger partial charge in [0, 0.05) is 5.56 Å². The first kappa shape index (κ1) is 8.67. The van der Waals surface area contributed by atoms with Crippen LogP contribution < -0.4 is 4.74 Å². The fourth-order valence-corrected chi connectivity index (χ4v) is 1.06. The predicted molar refractivity (Wildman–Crippen MR) is 50.9 cm³/mol. The monoisotopic (exact) mass is 256 g/mol. The molecule has 0 aliphatic carbocycles. The van der Waals surface area contributed by atoms with Gasteiger partial charge in [-0.2, -0.15) is 0 Å². The van der Waals surface area contributed by atoms with E-state index in [1.165, 1.54) is 5.56 Å². The minimum absolute atomic E-state index is 0. The van der Waals surface area contributed by atoms with Gasteiger partial charge in [-0.3, -0.25) is 0 Å². The Balaban J connectivity index is 0.000000605. The van der Waals surface area contributed by atoms with Gasteiger partial charge in [0.15, 0.2) is 0 Å². The summed E-state index contributed by atoms with van der Waals surface area (Å²) in [6.45, 7) is 0.705. The Morgan fingerprint density at radius 1 is 1.18 bits per heavy atom. The number of ether oxygens (including phenoxy) is 1. The van der Waals surface area contributed by atoms with Gasteiger partial charge in [-0.25, -0.2) is 0 Å². The van der Waals surface area contributed by atoms with Crippen LogP contribution in [0.1, 0.15) is 5.56 Å². The zero-order chi connectivity index (χ0) is 6.81. The van der Waals surface area contributed by atoms with Gasteiger partial charge < -0.3 is 4.74 Å². The molecule has 1 aromatic carbocycles. The van der Waals surface area contributed by atoms with Crippen molar-refractivity contribution in [2.75, 3.05) is 6.61 Å². The van der Waals surface area contributed by atoms with Crippen LogP contribution in [-0.2, 0) is 0 Å². The molecule has 0 atom stereocenters. The van der Waals surface area contributed by atoms with Crippen molar-refractivity contribution in [3.8, 4) is 5.75 Å². The molecule has 0 saturated heterocycles. The van der Waals surface area contributed by atoms with E-state index >= 15 is 0 Å². The maximum atomic E-state index is 5.34. The molecule has 0 radical (unpaired) electrons. The molecule has 0 unspecified atom stereocenters. The topological polar surface area (TPSA) is 9.23 Å². The molecule has 0 saturated carbocycles. The molecule has 0 amide bonds. The van der Waals surface area contributed by atoms with Crippen molar-refractivity contribution in [2.45, 2.75) is 0 Å². The zero-order valence-electron chi connectivity index (χ0n) is 6.29. The van der Waals surface area contributed by atoms with Crippen molar-refractivity contribution < 1.29 is 4.74 Å². The fourth-order valence-electron chi connectivity index (χ4n) is 1.06. The van der Waals surface area contributed by atoms with Crippen LogP contribution in [-0.4, -0.2) is 31.0 Å². The van der Waals surface area contributed by atoms with Gasteiger partial charge in [0.25, 0.3) is 0 Å². The van der Waals surface area contributed by atoms with Gasteiger partial charge >= 0.3 is 24.4 Å². The Labute approximate surface area is 83.5 Å². The third kappa shape index (κ3) is 1.78. The van der Waals surface area contributed by atoms with Crippen molar-refractivity contribution in [1.29, 1.82) is 0 Å². The molecular formula is C9H11OSb. The maximum absolute atomic E-state index is 5.34. The van der Waals surface area contributed by atoms with E-state index in [0.29, 0.717) is 6.61 Å². The summed E-state index contributed by atoms with van der Waals surface area (Å²) < 4.78 is 5.34. The number of benzene rings is 1. The van der Waals surface area contributed by atoms with Crippen molar-refractivity contribution >= 4 is 30.5 Å². The van der Waals surface area contributed by atoms with Crippen molar-refractivity contribution in [2.24, 2.45) is 0 Å². The van der Waals surface area contributed by atoms with Crippen molar-refractivity contribution in [3.63, 3.8) is 0 Å². The minimum atomic E-state index is 0. The Morgan fingerprint density at radius 2 is 2.00 bits per heavy atom. The summed E-state index contributed by atoms with van der Waals surface area (Å²) in [6.07, 6.45) is 4.10. The third-order valence-corrected chi connectivity index (χ3v) is 1.55. The first-order valence-electron chi connectivity index (χ1n) is 3.35. The third-order valence-electron chi connectivity index (χ3n) is 1.55. The predicted octanol–water partition coefficient (Wildman–Crippen LogP) is 0.908. The zero-order valence-corrected chi connectivity index (χ0v) is 10.3. The molecule has 1 heterocycles. The van der Waals surface area contributed by atoms with Gasteiger partial charge in [-0.1, -0.05) is 24.3 Å². The summed E-state index contributed by atoms with van der Waals surface area (Å²) in [6, 6.07) is 8.03. The van der Waals surface area contributed by atoms with Gasteiger partial charge in [-0.05, 0) is 12.1 Å². The molecule has 0 spiro atoms. The molecule has 1 aromatic rings. The van der Waals surface area contributed by atoms with Gasteiger partial charge in [0.2, 0.25) is 0 Å². The van der Waals surface area contributed by atoms with Crippen molar-refractivity contribution in [3.05, 3.63) is 35.9 Å². The summed E-state index contributed by atoms with van der Waals surface area (Å²) in [7, 11) is 0. The van der Waals surface area contributed by atoms with Crippen LogP contribution in [0.15, 0.2) is 30.3 Å². The van der Waals surface area contributed by atoms with E-state index in [1.54, 1.807) is 0 Å². The molecule has 1 nitrogen and oxygen atoms in total. The van der Waals surface area contributed by atoms with Gasteiger partial charge in [0.05, 0.1) is 0 Å². The van der Waals surface area contributed by atoms with Crippen LogP contribution in [0.2, 0.25) is 0 Å². The Kier molecular flexibility index (Phi) is 3.01. The van der Waals surface area contributed by atoms with Crippen LogP contribution in [0.3, 0.4) is 0 Å². The Bertz CT molecular complexity index is 268. The average Bonchev–Trinajstić information content (AvgIpc) is 2.05. The van der Waals surface area contributed by atoms with E-state index in [9.17, 15) is 0 Å². The van der Waals surface area contributed by atoms with Crippen molar-refractivity contribution in [1.82, 2.24) is 0 Å². The van der Waals surface area contributed by atoms with Crippen LogP contribution >= 0.6 is 0 Å². The second-order valence-corrected chi connectivity index (χ2v) is 2.25. The Morgan fingerprint density at radius 3 is 2.82 bits per heavy atom. The molecular weight excluding hydrogens is 246 g/mol. The number of para-hydroxylation sites is 1. The molecule has 0 aromatic heterocycles. The average molecular weight is 257 g/mol. The summed E-state index contributed by atoms with van der Waals surface area (Å²) in [5.41, 5.74) is 1.17. The molecule has 1 aliphatic rings. The Hall–Kier alpha value is -0.422. The molecule has 0 fully saturated rings. The SMILES string of the molecule is C1=Cc2ccccc2OC1.[SbH3]. The molecule has 58 valence electrons. The normalized spacial score (nSPS) is 12.7. The number of hydrogen-bond donors (Lipinski definition) is 0. The second kappa shape index (κ2) is 3.82. The molecule has 0 bridgehead atoms. The molecule has 2 heteroatoms. The fraction of sp³-hybridized carbons (Fsp3) is 0.111. The molecule has 0 N–H and O–H groups in total.